The monoisotopic (exact) mass is 140 g/mol. The predicted molar refractivity (Wildman–Crippen MR) is 39.5 cm³/mol. The van der Waals surface area contributed by atoms with Crippen molar-refractivity contribution in [2.24, 2.45) is 0 Å². The summed E-state index contributed by atoms with van der Waals surface area (Å²) >= 11 is 0. The summed E-state index contributed by atoms with van der Waals surface area (Å²) in [5.41, 5.74) is 1.42. The molecule has 0 bridgehead atoms. The van der Waals surface area contributed by atoms with Crippen molar-refractivity contribution in [2.45, 2.75) is 25.0 Å². The Morgan fingerprint density at radius 1 is 1.00 bits per heavy atom. The van der Waals surface area contributed by atoms with Crippen LogP contribution in [0.3, 0.4) is 0 Å². The maximum atomic E-state index is 9.19. The van der Waals surface area contributed by atoms with Gasteiger partial charge in [-0.25, -0.2) is 0 Å². The van der Waals surface area contributed by atoms with Gasteiger partial charge in [0, 0.05) is 12.8 Å². The lowest BCUT2D eigenvalue weighted by Gasteiger charge is -2.25. The van der Waals surface area contributed by atoms with E-state index in [0.29, 0.717) is 24.0 Å². The van der Waals surface area contributed by atoms with E-state index >= 15 is 0 Å². The lowest BCUT2D eigenvalue weighted by atomic mass is 9.88. The molecule has 2 heteroatoms. The minimum absolute atomic E-state index is 0.458. The fraction of sp³-hybridized carbons (Fsp3) is 0.500. The summed E-state index contributed by atoms with van der Waals surface area (Å²) in [6.07, 6.45) is -0.0631. The molecule has 2 N–H and O–H groups in total. The molecule has 2 nitrogen and oxygen atoms in total. The molecule has 1 aliphatic rings. The first-order valence-corrected chi connectivity index (χ1v) is 3.32. The van der Waals surface area contributed by atoms with Crippen LogP contribution in [0.25, 0.3) is 0 Å². The van der Waals surface area contributed by atoms with Gasteiger partial charge in [-0.05, 0) is 11.1 Å². The SMILES string of the molecule is C=C1C[C@H](O)C(=C)C[C@@H]1O. The van der Waals surface area contributed by atoms with Crippen LogP contribution in [-0.2, 0) is 0 Å². The van der Waals surface area contributed by atoms with Crippen molar-refractivity contribution in [2.75, 3.05) is 0 Å². The lowest BCUT2D eigenvalue weighted by Crippen LogP contribution is -2.25. The molecule has 56 valence electrons. The minimum Gasteiger partial charge on any atom is -0.388 e. The van der Waals surface area contributed by atoms with Crippen molar-refractivity contribution in [3.05, 3.63) is 24.3 Å². The van der Waals surface area contributed by atoms with Gasteiger partial charge in [0.25, 0.3) is 0 Å². The topological polar surface area (TPSA) is 40.5 Å². The minimum atomic E-state index is -0.490. The van der Waals surface area contributed by atoms with E-state index in [1.54, 1.807) is 0 Å². The van der Waals surface area contributed by atoms with E-state index in [1.165, 1.54) is 0 Å². The number of hydrogen-bond acceptors (Lipinski definition) is 2. The average Bonchev–Trinajstić information content (AvgIpc) is 1.84. The van der Waals surface area contributed by atoms with Gasteiger partial charge in [-0.2, -0.15) is 0 Å². The molecular formula is C8H12O2. The standard InChI is InChI=1S/C8H12O2/c1-5-3-8(10)6(2)4-7(5)9/h7-10H,1-4H2/t7-,8-/m0/s1. The Hall–Kier alpha value is -0.600. The van der Waals surface area contributed by atoms with Crippen LogP contribution in [0.1, 0.15) is 12.8 Å². The molecule has 1 rings (SSSR count). The highest BCUT2D eigenvalue weighted by molar-refractivity contribution is 5.20. The third-order valence-electron chi connectivity index (χ3n) is 1.85. The summed E-state index contributed by atoms with van der Waals surface area (Å²) in [6, 6.07) is 0. The molecule has 0 aromatic rings. The highest BCUT2D eigenvalue weighted by Crippen LogP contribution is 2.25. The van der Waals surface area contributed by atoms with E-state index in [2.05, 4.69) is 13.2 Å². The van der Waals surface area contributed by atoms with Crippen molar-refractivity contribution in [1.82, 2.24) is 0 Å². The van der Waals surface area contributed by atoms with E-state index < -0.39 is 12.2 Å². The fourth-order valence-electron chi connectivity index (χ4n) is 1.06. The molecule has 0 spiro atoms. The van der Waals surface area contributed by atoms with Gasteiger partial charge in [-0.1, -0.05) is 13.2 Å². The van der Waals surface area contributed by atoms with Crippen molar-refractivity contribution in [3.63, 3.8) is 0 Å². The molecule has 0 aliphatic heterocycles. The zero-order valence-electron chi connectivity index (χ0n) is 5.88. The highest BCUT2D eigenvalue weighted by atomic mass is 16.3. The van der Waals surface area contributed by atoms with Gasteiger partial charge in [0.2, 0.25) is 0 Å². The zero-order chi connectivity index (χ0) is 7.72. The van der Waals surface area contributed by atoms with Crippen LogP contribution in [0.15, 0.2) is 24.3 Å². The Bertz CT molecular complexity index is 152. The zero-order valence-corrected chi connectivity index (χ0v) is 5.88. The third-order valence-corrected chi connectivity index (χ3v) is 1.85. The lowest BCUT2D eigenvalue weighted by molar-refractivity contribution is 0.136. The summed E-state index contributed by atoms with van der Waals surface area (Å²) in [7, 11) is 0. The number of aliphatic hydroxyl groups excluding tert-OH is 2. The second-order valence-electron chi connectivity index (χ2n) is 2.76. The van der Waals surface area contributed by atoms with Gasteiger partial charge in [-0.15, -0.1) is 0 Å². The molecule has 0 aromatic heterocycles. The quantitative estimate of drug-likeness (QED) is 0.484. The molecule has 1 saturated carbocycles. The highest BCUT2D eigenvalue weighted by Gasteiger charge is 2.23. The second-order valence-corrected chi connectivity index (χ2v) is 2.76. The average molecular weight is 140 g/mol. The summed E-state index contributed by atoms with van der Waals surface area (Å²) in [6.45, 7) is 7.26. The molecule has 0 saturated heterocycles. The molecule has 0 unspecified atom stereocenters. The summed E-state index contributed by atoms with van der Waals surface area (Å²) in [4.78, 5) is 0. The summed E-state index contributed by atoms with van der Waals surface area (Å²) in [5.74, 6) is 0. The molecule has 0 amide bonds. The van der Waals surface area contributed by atoms with E-state index in [9.17, 15) is 10.2 Å². The Kier molecular flexibility index (Phi) is 1.92. The number of hydrogen-bond donors (Lipinski definition) is 2. The Morgan fingerprint density at radius 2 is 1.30 bits per heavy atom. The Labute approximate surface area is 60.5 Å². The second kappa shape index (κ2) is 2.56. The van der Waals surface area contributed by atoms with Crippen LogP contribution < -0.4 is 0 Å². The Balaban J connectivity index is 2.63. The summed E-state index contributed by atoms with van der Waals surface area (Å²) < 4.78 is 0. The number of aliphatic hydroxyl groups is 2. The van der Waals surface area contributed by atoms with Gasteiger partial charge in [0.15, 0.2) is 0 Å². The van der Waals surface area contributed by atoms with Crippen molar-refractivity contribution >= 4 is 0 Å². The molecule has 0 radical (unpaired) electrons. The molecule has 10 heavy (non-hydrogen) atoms. The van der Waals surface area contributed by atoms with Gasteiger partial charge < -0.3 is 10.2 Å². The largest absolute Gasteiger partial charge is 0.388 e. The molecule has 1 aliphatic carbocycles. The first-order chi connectivity index (χ1) is 4.61. The first kappa shape index (κ1) is 7.51. The fourth-order valence-corrected chi connectivity index (χ4v) is 1.06. The normalized spacial score (nSPS) is 34.6. The van der Waals surface area contributed by atoms with E-state index in [-0.39, 0.29) is 0 Å². The van der Waals surface area contributed by atoms with Crippen LogP contribution in [0, 0.1) is 0 Å². The third kappa shape index (κ3) is 1.28. The first-order valence-electron chi connectivity index (χ1n) is 3.32. The van der Waals surface area contributed by atoms with Crippen molar-refractivity contribution < 1.29 is 10.2 Å². The van der Waals surface area contributed by atoms with Crippen LogP contribution in [0.4, 0.5) is 0 Å². The summed E-state index contributed by atoms with van der Waals surface area (Å²) in [5, 5.41) is 18.4. The Morgan fingerprint density at radius 3 is 1.60 bits per heavy atom. The van der Waals surface area contributed by atoms with Crippen LogP contribution >= 0.6 is 0 Å². The van der Waals surface area contributed by atoms with E-state index in [0.717, 1.165) is 0 Å². The van der Waals surface area contributed by atoms with Crippen LogP contribution in [-0.4, -0.2) is 22.4 Å². The smallest absolute Gasteiger partial charge is 0.0786 e. The van der Waals surface area contributed by atoms with Crippen LogP contribution in [0.2, 0.25) is 0 Å². The van der Waals surface area contributed by atoms with Gasteiger partial charge in [0.1, 0.15) is 0 Å². The maximum absolute atomic E-state index is 9.19. The molecule has 0 aromatic carbocycles. The molecule has 2 atom stereocenters. The van der Waals surface area contributed by atoms with E-state index in [4.69, 9.17) is 0 Å². The van der Waals surface area contributed by atoms with Gasteiger partial charge >= 0.3 is 0 Å². The van der Waals surface area contributed by atoms with Gasteiger partial charge in [-0.3, -0.25) is 0 Å². The number of rotatable bonds is 0. The molecule has 0 heterocycles. The molecule has 1 fully saturated rings. The van der Waals surface area contributed by atoms with Crippen molar-refractivity contribution in [1.29, 1.82) is 0 Å². The van der Waals surface area contributed by atoms with E-state index in [1.807, 2.05) is 0 Å². The maximum Gasteiger partial charge on any atom is 0.0786 e. The van der Waals surface area contributed by atoms with Gasteiger partial charge in [0.05, 0.1) is 12.2 Å². The predicted octanol–water partition coefficient (Wildman–Crippen LogP) is 0.614. The van der Waals surface area contributed by atoms with Crippen LogP contribution in [0.5, 0.6) is 0 Å². The molecular weight excluding hydrogens is 128 g/mol. The van der Waals surface area contributed by atoms with Crippen molar-refractivity contribution in [3.8, 4) is 0 Å².